The molecule has 0 bridgehead atoms. The van der Waals surface area contributed by atoms with Gasteiger partial charge in [-0.25, -0.2) is 0 Å². The monoisotopic (exact) mass is 266 g/mol. The highest BCUT2D eigenvalue weighted by atomic mass is 16.2. The van der Waals surface area contributed by atoms with Crippen molar-refractivity contribution in [1.82, 2.24) is 0 Å². The largest absolute Gasteiger partial charge is 0.398 e. The molecule has 1 aliphatic heterocycles. The van der Waals surface area contributed by atoms with Crippen LogP contribution in [0.15, 0.2) is 42.5 Å². The van der Waals surface area contributed by atoms with Crippen molar-refractivity contribution in [2.24, 2.45) is 0 Å². The molecule has 0 aliphatic carbocycles. The number of nitrogens with two attached hydrogens (primary N) is 1. The number of nitrogens with zero attached hydrogens (tertiary/aromatic N) is 1. The summed E-state index contributed by atoms with van der Waals surface area (Å²) in [6.45, 7) is 2.68. The fourth-order valence-corrected chi connectivity index (χ4v) is 2.86. The van der Waals surface area contributed by atoms with Crippen LogP contribution in [0.4, 0.5) is 11.4 Å². The molecule has 3 rings (SSSR count). The fraction of sp³-hybridized carbons (Fsp3) is 0.235. The molecule has 20 heavy (non-hydrogen) atoms. The molecule has 1 amide bonds. The van der Waals surface area contributed by atoms with Crippen molar-refractivity contribution in [1.29, 1.82) is 0 Å². The summed E-state index contributed by atoms with van der Waals surface area (Å²) in [5.41, 5.74) is 10.4. The van der Waals surface area contributed by atoms with Crippen LogP contribution in [0.1, 0.15) is 27.9 Å². The lowest BCUT2D eigenvalue weighted by molar-refractivity contribution is 0.0985. The first kappa shape index (κ1) is 12.7. The molecular weight excluding hydrogens is 248 g/mol. The Balaban J connectivity index is 2.05. The smallest absolute Gasteiger partial charge is 0.260 e. The van der Waals surface area contributed by atoms with Crippen LogP contribution in [0.25, 0.3) is 0 Å². The molecule has 0 saturated carbocycles. The lowest BCUT2D eigenvalue weighted by Gasteiger charge is -2.30. The van der Waals surface area contributed by atoms with Gasteiger partial charge in [-0.1, -0.05) is 30.3 Å². The number of amides is 1. The molecular formula is C17H18N2O. The van der Waals surface area contributed by atoms with Gasteiger partial charge in [0.15, 0.2) is 0 Å². The van der Waals surface area contributed by atoms with Gasteiger partial charge in [0, 0.05) is 17.9 Å². The van der Waals surface area contributed by atoms with Crippen LogP contribution in [0.2, 0.25) is 0 Å². The molecule has 2 aromatic rings. The summed E-state index contributed by atoms with van der Waals surface area (Å²) in [6, 6.07) is 13.7. The number of aryl methyl sites for hydroxylation is 2. The van der Waals surface area contributed by atoms with Gasteiger partial charge in [-0.3, -0.25) is 4.79 Å². The van der Waals surface area contributed by atoms with Gasteiger partial charge in [0.2, 0.25) is 0 Å². The molecule has 0 fully saturated rings. The number of para-hydroxylation sites is 1. The zero-order valence-electron chi connectivity index (χ0n) is 11.6. The lowest BCUT2D eigenvalue weighted by atomic mass is 9.99. The Morgan fingerprint density at radius 1 is 1.15 bits per heavy atom. The number of benzene rings is 2. The molecule has 1 heterocycles. The highest BCUT2D eigenvalue weighted by Crippen LogP contribution is 2.29. The number of anilines is 2. The second-order valence-electron chi connectivity index (χ2n) is 5.23. The van der Waals surface area contributed by atoms with Crippen LogP contribution in [0.5, 0.6) is 0 Å². The molecule has 0 radical (unpaired) electrons. The first-order valence-corrected chi connectivity index (χ1v) is 6.93. The summed E-state index contributed by atoms with van der Waals surface area (Å²) in [6.07, 6.45) is 2.03. The molecule has 0 atom stereocenters. The van der Waals surface area contributed by atoms with Crippen molar-refractivity contribution >= 4 is 17.3 Å². The topological polar surface area (TPSA) is 46.3 Å². The van der Waals surface area contributed by atoms with E-state index in [9.17, 15) is 4.79 Å². The number of nitrogen functional groups attached to an aromatic ring is 1. The van der Waals surface area contributed by atoms with Gasteiger partial charge in [-0.05, 0) is 43.0 Å². The third-order valence-corrected chi connectivity index (χ3v) is 3.87. The van der Waals surface area contributed by atoms with Crippen molar-refractivity contribution in [3.63, 3.8) is 0 Å². The molecule has 1 aliphatic rings. The Labute approximate surface area is 119 Å². The standard InChI is InChI=1S/C17H18N2O/c1-12-6-4-9-14(18)16(12)17(20)19-11-5-8-13-7-2-3-10-15(13)19/h2-4,6-7,9-10H,5,8,11,18H2,1H3. The first-order valence-electron chi connectivity index (χ1n) is 6.93. The molecule has 3 nitrogen and oxygen atoms in total. The number of fused-ring (bicyclic) bond motifs is 1. The zero-order valence-corrected chi connectivity index (χ0v) is 11.6. The number of rotatable bonds is 1. The van der Waals surface area contributed by atoms with E-state index in [1.165, 1.54) is 5.56 Å². The quantitative estimate of drug-likeness (QED) is 0.806. The maximum absolute atomic E-state index is 12.9. The van der Waals surface area contributed by atoms with E-state index in [-0.39, 0.29) is 5.91 Å². The minimum Gasteiger partial charge on any atom is -0.398 e. The van der Waals surface area contributed by atoms with Gasteiger partial charge in [0.25, 0.3) is 5.91 Å². The summed E-state index contributed by atoms with van der Waals surface area (Å²) in [5.74, 6) is 0.00718. The van der Waals surface area contributed by atoms with Crippen molar-refractivity contribution in [3.05, 3.63) is 59.2 Å². The fourth-order valence-electron chi connectivity index (χ4n) is 2.86. The van der Waals surface area contributed by atoms with Crippen molar-refractivity contribution in [2.75, 3.05) is 17.2 Å². The van der Waals surface area contributed by atoms with E-state index >= 15 is 0 Å². The Kier molecular flexibility index (Phi) is 3.18. The van der Waals surface area contributed by atoms with Crippen molar-refractivity contribution < 1.29 is 4.79 Å². The number of hydrogen-bond acceptors (Lipinski definition) is 2. The van der Waals surface area contributed by atoms with Crippen molar-refractivity contribution in [3.8, 4) is 0 Å². The molecule has 0 saturated heterocycles. The van der Waals surface area contributed by atoms with Gasteiger partial charge in [-0.2, -0.15) is 0 Å². The van der Waals surface area contributed by atoms with E-state index in [1.807, 2.05) is 42.2 Å². The van der Waals surface area contributed by atoms with E-state index in [4.69, 9.17) is 5.73 Å². The summed E-state index contributed by atoms with van der Waals surface area (Å²) in [4.78, 5) is 14.7. The molecule has 0 aromatic heterocycles. The number of carbonyl (C=O) groups is 1. The lowest BCUT2D eigenvalue weighted by Crippen LogP contribution is -2.36. The third kappa shape index (κ3) is 2.05. The van der Waals surface area contributed by atoms with Gasteiger partial charge >= 0.3 is 0 Å². The van der Waals surface area contributed by atoms with Crippen LogP contribution >= 0.6 is 0 Å². The predicted octanol–water partition coefficient (Wildman–Crippen LogP) is 3.17. The number of hydrogen-bond donors (Lipinski definition) is 1. The second-order valence-corrected chi connectivity index (χ2v) is 5.23. The highest BCUT2D eigenvalue weighted by Gasteiger charge is 2.25. The van der Waals surface area contributed by atoms with Crippen LogP contribution in [0, 0.1) is 6.92 Å². The normalized spacial score (nSPS) is 13.9. The van der Waals surface area contributed by atoms with Crippen LogP contribution in [-0.2, 0) is 6.42 Å². The van der Waals surface area contributed by atoms with E-state index in [2.05, 4.69) is 6.07 Å². The average molecular weight is 266 g/mol. The minimum atomic E-state index is 0.00718. The molecule has 0 unspecified atom stereocenters. The molecule has 0 spiro atoms. The van der Waals surface area contributed by atoms with E-state index < -0.39 is 0 Å². The highest BCUT2D eigenvalue weighted by molar-refractivity contribution is 6.10. The Morgan fingerprint density at radius 3 is 2.75 bits per heavy atom. The summed E-state index contributed by atoms with van der Waals surface area (Å²) in [5, 5.41) is 0. The average Bonchev–Trinajstić information content (AvgIpc) is 2.46. The van der Waals surface area contributed by atoms with E-state index in [0.29, 0.717) is 11.3 Å². The Morgan fingerprint density at radius 2 is 1.95 bits per heavy atom. The van der Waals surface area contributed by atoms with Gasteiger partial charge in [0.05, 0.1) is 5.56 Å². The molecule has 102 valence electrons. The van der Waals surface area contributed by atoms with E-state index in [0.717, 1.165) is 30.6 Å². The maximum Gasteiger partial charge on any atom is 0.260 e. The van der Waals surface area contributed by atoms with Crippen LogP contribution in [0.3, 0.4) is 0 Å². The summed E-state index contributed by atoms with van der Waals surface area (Å²) < 4.78 is 0. The molecule has 2 N–H and O–H groups in total. The molecule has 3 heteroatoms. The SMILES string of the molecule is Cc1cccc(N)c1C(=O)N1CCCc2ccccc21. The van der Waals surface area contributed by atoms with Crippen molar-refractivity contribution in [2.45, 2.75) is 19.8 Å². The van der Waals surface area contributed by atoms with Crippen LogP contribution < -0.4 is 10.6 Å². The van der Waals surface area contributed by atoms with Crippen LogP contribution in [-0.4, -0.2) is 12.5 Å². The second kappa shape index (κ2) is 5.00. The van der Waals surface area contributed by atoms with Gasteiger partial charge < -0.3 is 10.6 Å². The summed E-state index contributed by atoms with van der Waals surface area (Å²) in [7, 11) is 0. The predicted molar refractivity (Wildman–Crippen MR) is 82.0 cm³/mol. The minimum absolute atomic E-state index is 0.00718. The van der Waals surface area contributed by atoms with E-state index in [1.54, 1.807) is 6.07 Å². The Bertz CT molecular complexity index is 644. The van der Waals surface area contributed by atoms with Gasteiger partial charge in [0.1, 0.15) is 0 Å². The Hall–Kier alpha value is -2.29. The first-order chi connectivity index (χ1) is 9.68. The molecule has 2 aromatic carbocycles. The summed E-state index contributed by atoms with van der Waals surface area (Å²) >= 11 is 0. The number of carbonyl (C=O) groups excluding carboxylic acids is 1. The van der Waals surface area contributed by atoms with Gasteiger partial charge in [-0.15, -0.1) is 0 Å². The maximum atomic E-state index is 12.9. The third-order valence-electron chi connectivity index (χ3n) is 3.87. The zero-order chi connectivity index (χ0) is 14.1.